The first-order chi connectivity index (χ1) is 7.54. The molecule has 0 saturated heterocycles. The maximum absolute atomic E-state index is 11.8. The fourth-order valence-electron chi connectivity index (χ4n) is 1.56. The van der Waals surface area contributed by atoms with E-state index >= 15 is 0 Å². The summed E-state index contributed by atoms with van der Waals surface area (Å²) in [6.45, 7) is 6.22. The highest BCUT2D eigenvalue weighted by atomic mass is 16.1. The molecule has 0 spiro atoms. The zero-order valence-electron chi connectivity index (χ0n) is 10.0. The molecule has 1 heterocycles. The van der Waals surface area contributed by atoms with Crippen LogP contribution >= 0.6 is 0 Å². The van der Waals surface area contributed by atoms with Crippen LogP contribution in [0.1, 0.15) is 37.7 Å². The van der Waals surface area contributed by atoms with Crippen LogP contribution in [0.3, 0.4) is 0 Å². The van der Waals surface area contributed by atoms with Gasteiger partial charge in [-0.25, -0.2) is 4.98 Å². The number of carbonyl (C=O) groups excluding carboxylic acids is 1. The monoisotopic (exact) mass is 221 g/mol. The van der Waals surface area contributed by atoms with Gasteiger partial charge < -0.3 is 11.1 Å². The van der Waals surface area contributed by atoms with Crippen molar-refractivity contribution >= 4 is 11.7 Å². The highest BCUT2D eigenvalue weighted by Crippen LogP contribution is 2.07. The van der Waals surface area contributed by atoms with E-state index in [-0.39, 0.29) is 11.9 Å². The molecule has 3 N–H and O–H groups in total. The summed E-state index contributed by atoms with van der Waals surface area (Å²) in [6.07, 6.45) is 0.908. The minimum Gasteiger partial charge on any atom is -0.384 e. The lowest BCUT2D eigenvalue weighted by Gasteiger charge is -2.20. The van der Waals surface area contributed by atoms with Crippen molar-refractivity contribution in [3.8, 4) is 0 Å². The number of hydrogen-bond donors (Lipinski definition) is 2. The average Bonchev–Trinajstić information content (AvgIpc) is 2.25. The molecule has 88 valence electrons. The van der Waals surface area contributed by atoms with Gasteiger partial charge in [0.05, 0.1) is 0 Å². The second-order valence-corrected chi connectivity index (χ2v) is 4.18. The molecule has 16 heavy (non-hydrogen) atoms. The zero-order chi connectivity index (χ0) is 12.1. The second-order valence-electron chi connectivity index (χ2n) is 4.18. The molecule has 0 radical (unpaired) electrons. The third-order valence-electron chi connectivity index (χ3n) is 2.56. The molecule has 0 aliphatic heterocycles. The topological polar surface area (TPSA) is 68.0 Å². The van der Waals surface area contributed by atoms with E-state index in [1.54, 1.807) is 18.2 Å². The van der Waals surface area contributed by atoms with Gasteiger partial charge >= 0.3 is 0 Å². The predicted molar refractivity (Wildman–Crippen MR) is 65.0 cm³/mol. The van der Waals surface area contributed by atoms with Crippen LogP contribution in [-0.2, 0) is 0 Å². The van der Waals surface area contributed by atoms with Gasteiger partial charge in [-0.2, -0.15) is 0 Å². The van der Waals surface area contributed by atoms with Crippen molar-refractivity contribution in [1.29, 1.82) is 0 Å². The number of carbonyl (C=O) groups is 1. The molecule has 0 aliphatic rings. The average molecular weight is 221 g/mol. The molecule has 4 heteroatoms. The Labute approximate surface area is 96.3 Å². The highest BCUT2D eigenvalue weighted by molar-refractivity contribution is 5.92. The Morgan fingerprint density at radius 3 is 2.69 bits per heavy atom. The molecule has 1 aromatic rings. The van der Waals surface area contributed by atoms with Crippen molar-refractivity contribution in [2.75, 3.05) is 5.73 Å². The first-order valence-corrected chi connectivity index (χ1v) is 5.58. The third-order valence-corrected chi connectivity index (χ3v) is 2.56. The number of anilines is 1. The number of nitrogens with zero attached hydrogens (tertiary/aromatic N) is 1. The number of amides is 1. The Kier molecular flexibility index (Phi) is 4.28. The van der Waals surface area contributed by atoms with Gasteiger partial charge in [0.25, 0.3) is 5.91 Å². The molecule has 0 aromatic carbocycles. The van der Waals surface area contributed by atoms with Crippen molar-refractivity contribution in [2.24, 2.45) is 5.92 Å². The molecule has 4 nitrogen and oxygen atoms in total. The van der Waals surface area contributed by atoms with Gasteiger partial charge in [0.1, 0.15) is 11.5 Å². The normalized spacial score (nSPS) is 12.5. The largest absolute Gasteiger partial charge is 0.384 e. The maximum atomic E-state index is 11.8. The van der Waals surface area contributed by atoms with Gasteiger partial charge in [0, 0.05) is 6.04 Å². The van der Waals surface area contributed by atoms with Crippen molar-refractivity contribution in [3.05, 3.63) is 23.9 Å². The van der Waals surface area contributed by atoms with E-state index < -0.39 is 0 Å². The third kappa shape index (κ3) is 3.22. The predicted octanol–water partition coefficient (Wildman–Crippen LogP) is 1.83. The van der Waals surface area contributed by atoms with Crippen LogP contribution in [0, 0.1) is 5.92 Å². The first kappa shape index (κ1) is 12.5. The zero-order valence-corrected chi connectivity index (χ0v) is 10.0. The quantitative estimate of drug-likeness (QED) is 0.815. The molecule has 0 saturated carbocycles. The number of rotatable bonds is 4. The number of nitrogens with one attached hydrogen (secondary N) is 1. The molecule has 1 atom stereocenters. The van der Waals surface area contributed by atoms with Gasteiger partial charge in [-0.15, -0.1) is 0 Å². The molecule has 0 fully saturated rings. The van der Waals surface area contributed by atoms with E-state index in [0.717, 1.165) is 6.42 Å². The fourth-order valence-corrected chi connectivity index (χ4v) is 1.56. The van der Waals surface area contributed by atoms with Gasteiger partial charge in [-0.05, 0) is 24.5 Å². The molecule has 0 bridgehead atoms. The molecular formula is C12H19N3O. The smallest absolute Gasteiger partial charge is 0.270 e. The minimum atomic E-state index is -0.159. The summed E-state index contributed by atoms with van der Waals surface area (Å²) in [4.78, 5) is 15.8. The first-order valence-electron chi connectivity index (χ1n) is 5.58. The highest BCUT2D eigenvalue weighted by Gasteiger charge is 2.15. The summed E-state index contributed by atoms with van der Waals surface area (Å²) in [6, 6.07) is 5.23. The lowest BCUT2D eigenvalue weighted by atomic mass is 10.0. The van der Waals surface area contributed by atoms with Crippen LogP contribution in [0.5, 0.6) is 0 Å². The molecule has 0 aliphatic carbocycles. The van der Waals surface area contributed by atoms with Crippen molar-refractivity contribution in [2.45, 2.75) is 33.2 Å². The van der Waals surface area contributed by atoms with E-state index in [2.05, 4.69) is 31.1 Å². The summed E-state index contributed by atoms with van der Waals surface area (Å²) in [5.41, 5.74) is 5.90. The molecule has 1 aromatic heterocycles. The summed E-state index contributed by atoms with van der Waals surface area (Å²) >= 11 is 0. The number of nitrogen functional groups attached to an aromatic ring is 1. The molecular weight excluding hydrogens is 202 g/mol. The van der Waals surface area contributed by atoms with Crippen LogP contribution in [0.2, 0.25) is 0 Å². The second kappa shape index (κ2) is 5.49. The van der Waals surface area contributed by atoms with Crippen molar-refractivity contribution < 1.29 is 4.79 Å². The SMILES string of the molecule is CCC(NC(=O)c1cccc(N)n1)C(C)C. The maximum Gasteiger partial charge on any atom is 0.270 e. The van der Waals surface area contributed by atoms with E-state index in [0.29, 0.717) is 17.4 Å². The van der Waals surface area contributed by atoms with Crippen molar-refractivity contribution in [3.63, 3.8) is 0 Å². The Balaban J connectivity index is 2.72. The summed E-state index contributed by atoms with van der Waals surface area (Å²) < 4.78 is 0. The Morgan fingerprint density at radius 2 is 2.19 bits per heavy atom. The lowest BCUT2D eigenvalue weighted by molar-refractivity contribution is 0.0919. The van der Waals surface area contributed by atoms with Crippen LogP contribution in [0.25, 0.3) is 0 Å². The van der Waals surface area contributed by atoms with E-state index in [1.165, 1.54) is 0 Å². The van der Waals surface area contributed by atoms with Crippen LogP contribution in [-0.4, -0.2) is 16.9 Å². The summed E-state index contributed by atoms with van der Waals surface area (Å²) in [5.74, 6) is 0.619. The molecule has 1 unspecified atom stereocenters. The number of aromatic nitrogens is 1. The molecule has 1 amide bonds. The van der Waals surface area contributed by atoms with Gasteiger partial charge in [0.15, 0.2) is 0 Å². The van der Waals surface area contributed by atoms with Crippen molar-refractivity contribution in [1.82, 2.24) is 10.3 Å². The van der Waals surface area contributed by atoms with Crippen LogP contribution in [0.4, 0.5) is 5.82 Å². The Morgan fingerprint density at radius 1 is 1.50 bits per heavy atom. The van der Waals surface area contributed by atoms with E-state index in [1.807, 2.05) is 0 Å². The lowest BCUT2D eigenvalue weighted by Crippen LogP contribution is -2.38. The Bertz CT molecular complexity index is 363. The fraction of sp³-hybridized carbons (Fsp3) is 0.500. The number of pyridine rings is 1. The van der Waals surface area contributed by atoms with Crippen LogP contribution < -0.4 is 11.1 Å². The minimum absolute atomic E-state index is 0.159. The number of nitrogens with two attached hydrogens (primary N) is 1. The summed E-state index contributed by atoms with van der Waals surface area (Å²) in [5, 5.41) is 2.95. The summed E-state index contributed by atoms with van der Waals surface area (Å²) in [7, 11) is 0. The number of hydrogen-bond acceptors (Lipinski definition) is 3. The van der Waals surface area contributed by atoms with Gasteiger partial charge in [-0.3, -0.25) is 4.79 Å². The molecule has 1 rings (SSSR count). The van der Waals surface area contributed by atoms with E-state index in [9.17, 15) is 4.79 Å². The standard InChI is InChI=1S/C12H19N3O/c1-4-9(8(2)3)15-12(16)10-6-5-7-11(13)14-10/h5-9H,4H2,1-3H3,(H2,13,14)(H,15,16). The van der Waals surface area contributed by atoms with Gasteiger partial charge in [0.2, 0.25) is 0 Å². The Hall–Kier alpha value is -1.58. The van der Waals surface area contributed by atoms with Crippen LogP contribution in [0.15, 0.2) is 18.2 Å². The van der Waals surface area contributed by atoms with E-state index in [4.69, 9.17) is 5.73 Å². The van der Waals surface area contributed by atoms with Gasteiger partial charge in [-0.1, -0.05) is 26.8 Å².